The number of carbonyl (C=O) groups excluding carboxylic acids is 2. The van der Waals surface area contributed by atoms with E-state index >= 15 is 0 Å². The van der Waals surface area contributed by atoms with Crippen LogP contribution in [0, 0.1) is 0 Å². The van der Waals surface area contributed by atoms with Gasteiger partial charge < -0.3 is 14.7 Å². The van der Waals surface area contributed by atoms with E-state index in [-0.39, 0.29) is 18.9 Å². The van der Waals surface area contributed by atoms with Gasteiger partial charge in [0.15, 0.2) is 5.17 Å². The third-order valence-electron chi connectivity index (χ3n) is 4.02. The van der Waals surface area contributed by atoms with Crippen LogP contribution < -0.4 is 0 Å². The summed E-state index contributed by atoms with van der Waals surface area (Å²) in [6, 6.07) is 7.27. The number of amidine groups is 1. The lowest BCUT2D eigenvalue weighted by Gasteiger charge is -2.22. The van der Waals surface area contributed by atoms with E-state index in [1.807, 2.05) is 30.5 Å². The molecule has 2 aliphatic rings. The average Bonchev–Trinajstić information content (AvgIpc) is 3.18. The predicted octanol–water partition coefficient (Wildman–Crippen LogP) is 1.99. The Morgan fingerprint density at radius 2 is 2.16 bits per heavy atom. The van der Waals surface area contributed by atoms with Gasteiger partial charge in [-0.3, -0.25) is 4.79 Å². The third kappa shape index (κ3) is 3.91. The molecule has 0 saturated carbocycles. The summed E-state index contributed by atoms with van der Waals surface area (Å²) in [6.07, 6.45) is 3.42. The van der Waals surface area contributed by atoms with Crippen LogP contribution in [0.25, 0.3) is 6.08 Å². The molecule has 0 aliphatic carbocycles. The molecule has 0 unspecified atom stereocenters. The molecule has 1 amide bonds. The van der Waals surface area contributed by atoms with Crippen LogP contribution in [0.4, 0.5) is 0 Å². The van der Waals surface area contributed by atoms with Crippen molar-refractivity contribution in [2.24, 2.45) is 4.99 Å². The van der Waals surface area contributed by atoms with Crippen molar-refractivity contribution in [3.05, 3.63) is 34.7 Å². The Balaban J connectivity index is 1.77. The number of nitrogens with zero attached hydrogens (tertiary/aromatic N) is 2. The van der Waals surface area contributed by atoms with Gasteiger partial charge in [-0.2, -0.15) is 4.99 Å². The first-order valence-corrected chi connectivity index (χ1v) is 9.75. The zero-order valence-corrected chi connectivity index (χ0v) is 15.5. The fourth-order valence-corrected chi connectivity index (χ4v) is 4.14. The molecule has 1 saturated heterocycles. The topological polar surface area (TPSA) is 79.2 Å². The Hall–Kier alpha value is -1.77. The number of hydrogen-bond acceptors (Lipinski definition) is 7. The van der Waals surface area contributed by atoms with Crippen molar-refractivity contribution in [3.63, 3.8) is 0 Å². The maximum Gasteiger partial charge on any atom is 0.328 e. The summed E-state index contributed by atoms with van der Waals surface area (Å²) < 4.78 is 4.79. The SMILES string of the molecule is COC(=O)[C@H]1C[C@@H](O)CN1C1=NC(=O)/C(=C\c2ccc(SC)cc2)S1. The molecule has 2 heterocycles. The van der Waals surface area contributed by atoms with E-state index in [4.69, 9.17) is 4.74 Å². The van der Waals surface area contributed by atoms with E-state index in [2.05, 4.69) is 4.99 Å². The summed E-state index contributed by atoms with van der Waals surface area (Å²) in [5, 5.41) is 10.3. The lowest BCUT2D eigenvalue weighted by atomic mass is 10.2. The van der Waals surface area contributed by atoms with Gasteiger partial charge in [0.1, 0.15) is 6.04 Å². The van der Waals surface area contributed by atoms with Crippen molar-refractivity contribution in [1.82, 2.24) is 4.90 Å². The van der Waals surface area contributed by atoms with Crippen molar-refractivity contribution in [3.8, 4) is 0 Å². The van der Waals surface area contributed by atoms with Crippen molar-refractivity contribution in [2.75, 3.05) is 19.9 Å². The summed E-state index contributed by atoms with van der Waals surface area (Å²) in [5.74, 6) is -0.767. The number of rotatable bonds is 3. The van der Waals surface area contributed by atoms with Crippen LogP contribution in [0.15, 0.2) is 39.1 Å². The number of hydrogen-bond donors (Lipinski definition) is 1. The Kier molecular flexibility index (Phi) is 5.51. The zero-order valence-electron chi connectivity index (χ0n) is 13.8. The number of methoxy groups -OCH3 is 1. The summed E-state index contributed by atoms with van der Waals surface area (Å²) in [5.41, 5.74) is 0.913. The molecule has 0 bridgehead atoms. The van der Waals surface area contributed by atoms with Gasteiger partial charge in [0.25, 0.3) is 5.91 Å². The molecule has 1 aromatic rings. The van der Waals surface area contributed by atoms with Crippen molar-refractivity contribution < 1.29 is 19.4 Å². The maximum absolute atomic E-state index is 12.2. The number of aliphatic hydroxyl groups is 1. The Bertz CT molecular complexity index is 746. The van der Waals surface area contributed by atoms with Gasteiger partial charge in [0, 0.05) is 17.9 Å². The number of esters is 1. The number of amides is 1. The second-order valence-corrected chi connectivity index (χ2v) is 7.55. The highest BCUT2D eigenvalue weighted by Crippen LogP contribution is 2.34. The number of likely N-dealkylation sites (tertiary alicyclic amines) is 1. The fraction of sp³-hybridized carbons (Fsp3) is 0.353. The van der Waals surface area contributed by atoms with Gasteiger partial charge in [-0.05, 0) is 41.8 Å². The molecular weight excluding hydrogens is 360 g/mol. The van der Waals surface area contributed by atoms with E-state index in [9.17, 15) is 14.7 Å². The normalized spacial score (nSPS) is 24.8. The average molecular weight is 378 g/mol. The number of benzene rings is 1. The van der Waals surface area contributed by atoms with E-state index in [0.717, 1.165) is 10.5 Å². The van der Waals surface area contributed by atoms with Crippen molar-refractivity contribution in [2.45, 2.75) is 23.5 Å². The molecule has 0 radical (unpaired) electrons. The van der Waals surface area contributed by atoms with Gasteiger partial charge >= 0.3 is 5.97 Å². The van der Waals surface area contributed by atoms with Crippen molar-refractivity contribution in [1.29, 1.82) is 0 Å². The van der Waals surface area contributed by atoms with E-state index < -0.39 is 18.1 Å². The van der Waals surface area contributed by atoms with Gasteiger partial charge in [-0.15, -0.1) is 11.8 Å². The minimum absolute atomic E-state index is 0.259. The highest BCUT2D eigenvalue weighted by molar-refractivity contribution is 8.18. The summed E-state index contributed by atoms with van der Waals surface area (Å²) in [6.45, 7) is 0.259. The number of β-amino-alcohol motifs (C(OH)–C–C–N with tert-alkyl or cyclic N) is 1. The summed E-state index contributed by atoms with van der Waals surface area (Å²) in [4.78, 5) is 31.5. The van der Waals surface area contributed by atoms with Crippen LogP contribution in [0.3, 0.4) is 0 Å². The predicted molar refractivity (Wildman–Crippen MR) is 99.4 cm³/mol. The molecule has 0 aromatic heterocycles. The lowest BCUT2D eigenvalue weighted by Crippen LogP contribution is -2.39. The highest BCUT2D eigenvalue weighted by atomic mass is 32.2. The minimum Gasteiger partial charge on any atom is -0.467 e. The molecule has 0 spiro atoms. The van der Waals surface area contributed by atoms with Crippen LogP contribution in [-0.2, 0) is 14.3 Å². The zero-order chi connectivity index (χ0) is 18.0. The van der Waals surface area contributed by atoms with Crippen LogP contribution in [0.2, 0.25) is 0 Å². The molecule has 1 fully saturated rings. The standard InChI is InChI=1S/C17H18N2O4S2/c1-23-16(22)13-8-11(20)9-19(13)17-18-15(21)14(25-17)7-10-3-5-12(24-2)6-4-10/h3-7,11,13,20H,8-9H2,1-2H3/b14-7+/t11-,13-/m1/s1. The van der Waals surface area contributed by atoms with Gasteiger partial charge in [0.05, 0.1) is 18.1 Å². The first-order valence-electron chi connectivity index (χ1n) is 7.71. The Labute approximate surface area is 154 Å². The minimum atomic E-state index is -0.644. The molecule has 2 aliphatic heterocycles. The molecular formula is C17H18N2O4S2. The first-order chi connectivity index (χ1) is 12.0. The molecule has 6 nitrogen and oxygen atoms in total. The highest BCUT2D eigenvalue weighted by Gasteiger charge is 2.41. The van der Waals surface area contributed by atoms with Gasteiger partial charge in [-0.25, -0.2) is 4.79 Å². The molecule has 25 heavy (non-hydrogen) atoms. The molecule has 1 N–H and O–H groups in total. The first kappa shape index (κ1) is 18.0. The van der Waals surface area contributed by atoms with E-state index in [1.165, 1.54) is 18.9 Å². The monoisotopic (exact) mass is 378 g/mol. The fourth-order valence-electron chi connectivity index (χ4n) is 2.76. The molecule has 1 aromatic carbocycles. The number of thioether (sulfide) groups is 2. The summed E-state index contributed by atoms with van der Waals surface area (Å²) >= 11 is 2.87. The largest absolute Gasteiger partial charge is 0.467 e. The van der Waals surface area contributed by atoms with Crippen LogP contribution in [0.5, 0.6) is 0 Å². The maximum atomic E-state index is 12.2. The Morgan fingerprint density at radius 1 is 1.44 bits per heavy atom. The number of aliphatic hydroxyl groups excluding tert-OH is 1. The smallest absolute Gasteiger partial charge is 0.328 e. The van der Waals surface area contributed by atoms with Crippen molar-refractivity contribution >= 4 is 46.6 Å². The second-order valence-electron chi connectivity index (χ2n) is 5.66. The second kappa shape index (κ2) is 7.63. The van der Waals surface area contributed by atoms with E-state index in [1.54, 1.807) is 22.7 Å². The molecule has 8 heteroatoms. The molecule has 3 rings (SSSR count). The lowest BCUT2D eigenvalue weighted by molar-refractivity contribution is -0.144. The van der Waals surface area contributed by atoms with E-state index in [0.29, 0.717) is 10.1 Å². The summed E-state index contributed by atoms with van der Waals surface area (Å²) in [7, 11) is 1.31. The molecule has 2 atom stereocenters. The molecule has 132 valence electrons. The quantitative estimate of drug-likeness (QED) is 0.489. The number of carbonyl (C=O) groups is 2. The van der Waals surface area contributed by atoms with Gasteiger partial charge in [-0.1, -0.05) is 12.1 Å². The van der Waals surface area contributed by atoms with Crippen LogP contribution >= 0.6 is 23.5 Å². The Morgan fingerprint density at radius 3 is 2.80 bits per heavy atom. The van der Waals surface area contributed by atoms with Gasteiger partial charge in [0.2, 0.25) is 0 Å². The van der Waals surface area contributed by atoms with Crippen LogP contribution in [0.1, 0.15) is 12.0 Å². The third-order valence-corrected chi connectivity index (χ3v) is 5.79. The number of ether oxygens (including phenoxy) is 1. The number of aliphatic imine (C=N–C) groups is 1. The van der Waals surface area contributed by atoms with Crippen LogP contribution in [-0.4, -0.2) is 59.1 Å².